The molecule has 1 amide bonds. The van der Waals surface area contributed by atoms with Gasteiger partial charge in [0.15, 0.2) is 9.84 Å². The Labute approximate surface area is 159 Å². The number of aryl methyl sites for hydroxylation is 1. The van der Waals surface area contributed by atoms with E-state index in [4.69, 9.17) is 0 Å². The number of hydrogen-bond acceptors (Lipinski definition) is 4. The molecule has 2 aromatic carbocycles. The van der Waals surface area contributed by atoms with E-state index in [1.165, 1.54) is 0 Å². The highest BCUT2D eigenvalue weighted by atomic mass is 32.2. The molecule has 2 aromatic rings. The maximum absolute atomic E-state index is 12.7. The van der Waals surface area contributed by atoms with Crippen molar-refractivity contribution in [2.75, 3.05) is 28.7 Å². The van der Waals surface area contributed by atoms with Gasteiger partial charge in [0, 0.05) is 11.4 Å². The SMILES string of the molecule is O=C(CS(=O)(=O)CCCc1ccccc1)N1CCCSc2ccccc21. The number of carbonyl (C=O) groups is 1. The Balaban J connectivity index is 1.61. The van der Waals surface area contributed by atoms with Gasteiger partial charge in [-0.3, -0.25) is 4.79 Å². The van der Waals surface area contributed by atoms with E-state index in [9.17, 15) is 13.2 Å². The Bertz CT molecular complexity index is 850. The number of carbonyl (C=O) groups excluding carboxylic acids is 1. The van der Waals surface area contributed by atoms with Crippen molar-refractivity contribution in [3.8, 4) is 0 Å². The standard InChI is InChI=1S/C20H23NO3S2/c22-20(21-13-7-14-25-19-12-5-4-11-18(19)21)16-26(23,24)15-6-10-17-8-2-1-3-9-17/h1-5,8-9,11-12H,6-7,10,13-16H2. The second-order valence-corrected chi connectivity index (χ2v) is 9.72. The number of fused-ring (bicyclic) bond motifs is 1. The molecule has 0 atom stereocenters. The van der Waals surface area contributed by atoms with Gasteiger partial charge in [-0.2, -0.15) is 0 Å². The Morgan fingerprint density at radius 2 is 1.77 bits per heavy atom. The molecule has 0 spiro atoms. The minimum Gasteiger partial charge on any atom is -0.310 e. The molecule has 0 aromatic heterocycles. The molecule has 0 aliphatic carbocycles. The van der Waals surface area contributed by atoms with E-state index in [1.807, 2.05) is 54.6 Å². The third-order valence-electron chi connectivity index (χ3n) is 4.35. The molecule has 0 saturated carbocycles. The van der Waals surface area contributed by atoms with Gasteiger partial charge in [-0.05, 0) is 42.7 Å². The first-order valence-electron chi connectivity index (χ1n) is 8.82. The Morgan fingerprint density at radius 3 is 2.58 bits per heavy atom. The monoisotopic (exact) mass is 389 g/mol. The average molecular weight is 390 g/mol. The van der Waals surface area contributed by atoms with Crippen molar-refractivity contribution in [2.24, 2.45) is 0 Å². The summed E-state index contributed by atoms with van der Waals surface area (Å²) in [6.07, 6.45) is 2.10. The van der Waals surface area contributed by atoms with Crippen molar-refractivity contribution in [2.45, 2.75) is 24.2 Å². The highest BCUT2D eigenvalue weighted by Crippen LogP contribution is 2.33. The first-order chi connectivity index (χ1) is 12.6. The number of rotatable bonds is 6. The van der Waals surface area contributed by atoms with E-state index < -0.39 is 15.6 Å². The largest absolute Gasteiger partial charge is 0.310 e. The van der Waals surface area contributed by atoms with Crippen LogP contribution in [-0.4, -0.2) is 38.1 Å². The van der Waals surface area contributed by atoms with Crippen molar-refractivity contribution >= 4 is 33.2 Å². The normalized spacial score (nSPS) is 14.5. The van der Waals surface area contributed by atoms with Gasteiger partial charge < -0.3 is 4.90 Å². The van der Waals surface area contributed by atoms with Crippen molar-refractivity contribution < 1.29 is 13.2 Å². The zero-order valence-corrected chi connectivity index (χ0v) is 16.3. The predicted octanol–water partition coefficient (Wildman–Crippen LogP) is 3.56. The van der Waals surface area contributed by atoms with E-state index in [2.05, 4.69) is 0 Å². The summed E-state index contributed by atoms with van der Waals surface area (Å²) in [5.74, 6) is 0.239. The third kappa shape index (κ3) is 5.11. The maximum Gasteiger partial charge on any atom is 0.242 e. The van der Waals surface area contributed by atoms with Crippen LogP contribution in [0.5, 0.6) is 0 Å². The lowest BCUT2D eigenvalue weighted by molar-refractivity contribution is -0.116. The van der Waals surface area contributed by atoms with Crippen LogP contribution in [0.1, 0.15) is 18.4 Å². The zero-order valence-electron chi connectivity index (χ0n) is 14.6. The quantitative estimate of drug-likeness (QED) is 0.758. The van der Waals surface area contributed by atoms with Gasteiger partial charge >= 0.3 is 0 Å². The van der Waals surface area contributed by atoms with Crippen LogP contribution in [0.2, 0.25) is 0 Å². The molecule has 0 N–H and O–H groups in total. The first-order valence-corrected chi connectivity index (χ1v) is 11.6. The third-order valence-corrected chi connectivity index (χ3v) is 7.09. The molecule has 1 aliphatic heterocycles. The van der Waals surface area contributed by atoms with Crippen molar-refractivity contribution in [3.05, 3.63) is 60.2 Å². The summed E-state index contributed by atoms with van der Waals surface area (Å²) in [6.45, 7) is 0.572. The van der Waals surface area contributed by atoms with Gasteiger partial charge in [0.05, 0.1) is 11.4 Å². The lowest BCUT2D eigenvalue weighted by atomic mass is 10.1. The average Bonchev–Trinajstić information content (AvgIpc) is 2.84. The zero-order chi connectivity index (χ0) is 18.4. The van der Waals surface area contributed by atoms with Gasteiger partial charge in [0.1, 0.15) is 5.75 Å². The second-order valence-electron chi connectivity index (χ2n) is 6.40. The van der Waals surface area contributed by atoms with E-state index >= 15 is 0 Å². The molecule has 0 radical (unpaired) electrons. The molecule has 0 saturated heterocycles. The summed E-state index contributed by atoms with van der Waals surface area (Å²) >= 11 is 1.72. The topological polar surface area (TPSA) is 54.5 Å². The van der Waals surface area contributed by atoms with Crippen LogP contribution in [0.15, 0.2) is 59.5 Å². The van der Waals surface area contributed by atoms with E-state index in [0.717, 1.165) is 28.3 Å². The van der Waals surface area contributed by atoms with Crippen molar-refractivity contribution in [1.82, 2.24) is 0 Å². The lowest BCUT2D eigenvalue weighted by Gasteiger charge is -2.22. The molecule has 3 rings (SSSR count). The molecule has 0 unspecified atom stereocenters. The molecule has 0 bridgehead atoms. The lowest BCUT2D eigenvalue weighted by Crippen LogP contribution is -2.37. The number of benzene rings is 2. The number of para-hydroxylation sites is 1. The summed E-state index contributed by atoms with van der Waals surface area (Å²) in [6, 6.07) is 17.5. The molecule has 26 heavy (non-hydrogen) atoms. The number of hydrogen-bond donors (Lipinski definition) is 0. The Kier molecular flexibility index (Phi) is 6.38. The summed E-state index contributed by atoms with van der Waals surface area (Å²) < 4.78 is 24.8. The number of amides is 1. The second kappa shape index (κ2) is 8.73. The van der Waals surface area contributed by atoms with E-state index in [-0.39, 0.29) is 11.7 Å². The minimum atomic E-state index is -3.41. The van der Waals surface area contributed by atoms with Crippen LogP contribution < -0.4 is 4.90 Å². The molecular weight excluding hydrogens is 366 g/mol. The summed E-state index contributed by atoms with van der Waals surface area (Å²) in [5.41, 5.74) is 1.95. The Hall–Kier alpha value is -1.79. The number of sulfone groups is 1. The molecule has 1 aliphatic rings. The summed E-state index contributed by atoms with van der Waals surface area (Å²) in [7, 11) is -3.41. The fraction of sp³-hybridized carbons (Fsp3) is 0.350. The van der Waals surface area contributed by atoms with Crippen molar-refractivity contribution in [3.63, 3.8) is 0 Å². The van der Waals surface area contributed by atoms with Gasteiger partial charge in [0.2, 0.25) is 5.91 Å². The van der Waals surface area contributed by atoms with Gasteiger partial charge in [-0.15, -0.1) is 11.8 Å². The van der Waals surface area contributed by atoms with E-state index in [1.54, 1.807) is 16.7 Å². The van der Waals surface area contributed by atoms with Gasteiger partial charge in [-0.1, -0.05) is 42.5 Å². The predicted molar refractivity (Wildman–Crippen MR) is 108 cm³/mol. The Morgan fingerprint density at radius 1 is 1.04 bits per heavy atom. The molecule has 4 nitrogen and oxygen atoms in total. The summed E-state index contributed by atoms with van der Waals surface area (Å²) in [5, 5.41) is 0. The van der Waals surface area contributed by atoms with Crippen LogP contribution in [0.3, 0.4) is 0 Å². The van der Waals surface area contributed by atoms with Crippen LogP contribution >= 0.6 is 11.8 Å². The molecular formula is C20H23NO3S2. The first kappa shape index (κ1) is 19.0. The van der Waals surface area contributed by atoms with Crippen LogP contribution in [0.25, 0.3) is 0 Å². The van der Waals surface area contributed by atoms with Crippen LogP contribution in [-0.2, 0) is 21.1 Å². The van der Waals surface area contributed by atoms with E-state index in [0.29, 0.717) is 19.4 Å². The molecule has 1 heterocycles. The highest BCUT2D eigenvalue weighted by Gasteiger charge is 2.25. The maximum atomic E-state index is 12.7. The van der Waals surface area contributed by atoms with Gasteiger partial charge in [-0.25, -0.2) is 8.42 Å². The highest BCUT2D eigenvalue weighted by molar-refractivity contribution is 7.99. The fourth-order valence-corrected chi connectivity index (χ4v) is 5.32. The number of nitrogens with zero attached hydrogens (tertiary/aromatic N) is 1. The number of thioether (sulfide) groups is 1. The van der Waals surface area contributed by atoms with Crippen LogP contribution in [0, 0.1) is 0 Å². The fourth-order valence-electron chi connectivity index (χ4n) is 3.07. The molecule has 6 heteroatoms. The number of anilines is 1. The molecule has 0 fully saturated rings. The minimum absolute atomic E-state index is 0.0396. The smallest absolute Gasteiger partial charge is 0.242 e. The van der Waals surface area contributed by atoms with Gasteiger partial charge in [0.25, 0.3) is 0 Å². The van der Waals surface area contributed by atoms with Crippen molar-refractivity contribution in [1.29, 1.82) is 0 Å². The summed E-state index contributed by atoms with van der Waals surface area (Å²) in [4.78, 5) is 15.4. The molecule has 138 valence electrons. The van der Waals surface area contributed by atoms with Crippen LogP contribution in [0.4, 0.5) is 5.69 Å².